The van der Waals surface area contributed by atoms with Crippen molar-refractivity contribution in [2.75, 3.05) is 18.1 Å². The molecule has 0 saturated carbocycles. The zero-order chi connectivity index (χ0) is 16.2. The average Bonchev–Trinajstić information content (AvgIpc) is 2.34. The van der Waals surface area contributed by atoms with E-state index in [1.54, 1.807) is 17.9 Å². The number of carboxylic acid groups (broad SMARTS) is 1. The number of anilines is 1. The lowest BCUT2D eigenvalue weighted by Crippen LogP contribution is -2.44. The first-order valence-corrected chi connectivity index (χ1v) is 6.57. The van der Waals surface area contributed by atoms with Gasteiger partial charge in [-0.2, -0.15) is 0 Å². The molecule has 0 spiro atoms. The molecular weight excluding hydrogens is 276 g/mol. The maximum absolute atomic E-state index is 11.1. The summed E-state index contributed by atoms with van der Waals surface area (Å²) in [5.41, 5.74) is -0.185. The molecule has 0 unspecified atom stereocenters. The second-order valence-electron chi connectivity index (χ2n) is 5.53. The van der Waals surface area contributed by atoms with Gasteiger partial charge in [0.25, 0.3) is 5.69 Å². The van der Waals surface area contributed by atoms with Crippen molar-refractivity contribution >= 4 is 17.3 Å². The third-order valence-corrected chi connectivity index (χ3v) is 2.81. The van der Waals surface area contributed by atoms with Crippen LogP contribution in [0.4, 0.5) is 11.4 Å². The first kappa shape index (κ1) is 16.7. The molecule has 0 aromatic heterocycles. The van der Waals surface area contributed by atoms with Gasteiger partial charge in [0.1, 0.15) is 12.3 Å². The third kappa shape index (κ3) is 4.62. The highest BCUT2D eigenvalue weighted by Gasteiger charge is 2.26. The van der Waals surface area contributed by atoms with E-state index in [0.29, 0.717) is 18.0 Å². The lowest BCUT2D eigenvalue weighted by molar-refractivity contribution is -0.384. The van der Waals surface area contributed by atoms with E-state index in [0.717, 1.165) is 0 Å². The fourth-order valence-corrected chi connectivity index (χ4v) is 1.93. The quantitative estimate of drug-likeness (QED) is 0.641. The number of rotatable bonds is 6. The minimum absolute atomic E-state index is 0.129. The molecule has 1 aromatic carbocycles. The molecule has 1 N–H and O–H groups in total. The van der Waals surface area contributed by atoms with Crippen molar-refractivity contribution in [3.63, 3.8) is 0 Å². The van der Waals surface area contributed by atoms with Crippen LogP contribution in [0.25, 0.3) is 0 Å². The van der Waals surface area contributed by atoms with Crippen LogP contribution in [0.15, 0.2) is 18.2 Å². The molecule has 0 radical (unpaired) electrons. The number of non-ortho nitro benzene ring substituents is 1. The SMILES string of the molecule is CCOc1cc(N(CC(=O)O)C(C)(C)C)cc([N+](=O)[O-])c1. The summed E-state index contributed by atoms with van der Waals surface area (Å²) in [5, 5.41) is 20.1. The van der Waals surface area contributed by atoms with E-state index >= 15 is 0 Å². The molecule has 21 heavy (non-hydrogen) atoms. The molecule has 0 heterocycles. The Morgan fingerprint density at radius 2 is 2.00 bits per heavy atom. The minimum atomic E-state index is -1.01. The second-order valence-corrected chi connectivity index (χ2v) is 5.53. The van der Waals surface area contributed by atoms with Gasteiger partial charge in [-0.05, 0) is 27.7 Å². The predicted octanol–water partition coefficient (Wildman–Crippen LogP) is 2.68. The van der Waals surface area contributed by atoms with Crippen molar-refractivity contribution in [1.29, 1.82) is 0 Å². The summed E-state index contributed by atoms with van der Waals surface area (Å²) < 4.78 is 5.33. The molecule has 0 aliphatic heterocycles. The van der Waals surface area contributed by atoms with E-state index in [4.69, 9.17) is 9.84 Å². The van der Waals surface area contributed by atoms with Gasteiger partial charge in [-0.1, -0.05) is 0 Å². The van der Waals surface area contributed by atoms with Crippen LogP contribution < -0.4 is 9.64 Å². The van der Waals surface area contributed by atoms with Gasteiger partial charge in [0.2, 0.25) is 0 Å². The Bertz CT molecular complexity index is 537. The van der Waals surface area contributed by atoms with Crippen molar-refractivity contribution in [1.82, 2.24) is 0 Å². The molecule has 1 rings (SSSR count). The molecule has 7 heteroatoms. The van der Waals surface area contributed by atoms with Gasteiger partial charge in [-0.15, -0.1) is 0 Å². The van der Waals surface area contributed by atoms with E-state index in [1.165, 1.54) is 12.1 Å². The highest BCUT2D eigenvalue weighted by Crippen LogP contribution is 2.32. The summed E-state index contributed by atoms with van der Waals surface area (Å²) in [7, 11) is 0. The Morgan fingerprint density at radius 3 is 2.43 bits per heavy atom. The monoisotopic (exact) mass is 296 g/mol. The van der Waals surface area contributed by atoms with Crippen molar-refractivity contribution in [3.05, 3.63) is 28.3 Å². The standard InChI is InChI=1S/C14H20N2O5/c1-5-21-12-7-10(6-11(8-12)16(19)20)15(9-13(17)18)14(2,3)4/h6-8H,5,9H2,1-4H3,(H,17,18). The highest BCUT2D eigenvalue weighted by atomic mass is 16.6. The number of carboxylic acids is 1. The molecular formula is C14H20N2O5. The molecule has 0 bridgehead atoms. The largest absolute Gasteiger partial charge is 0.494 e. The highest BCUT2D eigenvalue weighted by molar-refractivity contribution is 5.75. The Kier molecular flexibility index (Phi) is 5.12. The van der Waals surface area contributed by atoms with Crippen LogP contribution in [0.5, 0.6) is 5.75 Å². The number of ether oxygens (including phenoxy) is 1. The molecule has 0 aliphatic rings. The van der Waals surface area contributed by atoms with Crippen LogP contribution in [0, 0.1) is 10.1 Å². The molecule has 0 atom stereocenters. The number of benzene rings is 1. The average molecular weight is 296 g/mol. The zero-order valence-electron chi connectivity index (χ0n) is 12.6. The summed E-state index contributed by atoms with van der Waals surface area (Å²) in [6, 6.07) is 4.30. The minimum Gasteiger partial charge on any atom is -0.494 e. The number of aliphatic carboxylic acids is 1. The number of hydrogen-bond donors (Lipinski definition) is 1. The topological polar surface area (TPSA) is 92.9 Å². The van der Waals surface area contributed by atoms with Crippen LogP contribution in [-0.2, 0) is 4.79 Å². The molecule has 0 fully saturated rings. The molecule has 0 amide bonds. The maximum atomic E-state index is 11.1. The van der Waals surface area contributed by atoms with Crippen LogP contribution in [0.2, 0.25) is 0 Å². The Morgan fingerprint density at radius 1 is 1.38 bits per heavy atom. The van der Waals surface area contributed by atoms with E-state index in [1.807, 2.05) is 20.8 Å². The summed E-state index contributed by atoms with van der Waals surface area (Å²) in [5.74, 6) is -0.657. The van der Waals surface area contributed by atoms with E-state index in [2.05, 4.69) is 0 Å². The second kappa shape index (κ2) is 6.43. The fourth-order valence-electron chi connectivity index (χ4n) is 1.93. The van der Waals surface area contributed by atoms with E-state index in [-0.39, 0.29) is 12.2 Å². The Hall–Kier alpha value is -2.31. The summed E-state index contributed by atoms with van der Waals surface area (Å²) >= 11 is 0. The normalized spacial score (nSPS) is 11.0. The first-order valence-electron chi connectivity index (χ1n) is 6.57. The summed E-state index contributed by atoms with van der Waals surface area (Å²) in [6.07, 6.45) is 0. The van der Waals surface area contributed by atoms with Gasteiger partial charge in [0.15, 0.2) is 0 Å². The number of hydrogen-bond acceptors (Lipinski definition) is 5. The van der Waals surface area contributed by atoms with Crippen molar-refractivity contribution in [2.24, 2.45) is 0 Å². The van der Waals surface area contributed by atoms with Gasteiger partial charge in [0.05, 0.1) is 17.6 Å². The Balaban J connectivity index is 3.35. The number of nitro groups is 1. The molecule has 1 aromatic rings. The Labute approximate surface area is 123 Å². The van der Waals surface area contributed by atoms with Gasteiger partial charge in [0, 0.05) is 23.4 Å². The molecule has 7 nitrogen and oxygen atoms in total. The fraction of sp³-hybridized carbons (Fsp3) is 0.500. The third-order valence-electron chi connectivity index (χ3n) is 2.81. The van der Waals surface area contributed by atoms with E-state index < -0.39 is 16.4 Å². The number of carbonyl (C=O) groups is 1. The van der Waals surface area contributed by atoms with Crippen LogP contribution in [0.1, 0.15) is 27.7 Å². The van der Waals surface area contributed by atoms with E-state index in [9.17, 15) is 14.9 Å². The van der Waals surface area contributed by atoms with Gasteiger partial charge in [-0.25, -0.2) is 0 Å². The first-order chi connectivity index (χ1) is 9.65. The van der Waals surface area contributed by atoms with Crippen molar-refractivity contribution < 1.29 is 19.6 Å². The molecule has 0 aliphatic carbocycles. The maximum Gasteiger partial charge on any atom is 0.323 e. The van der Waals surface area contributed by atoms with Crippen molar-refractivity contribution in [2.45, 2.75) is 33.2 Å². The van der Waals surface area contributed by atoms with Crippen molar-refractivity contribution in [3.8, 4) is 5.75 Å². The van der Waals surface area contributed by atoms with Crippen LogP contribution in [-0.4, -0.2) is 34.7 Å². The van der Waals surface area contributed by atoms with Crippen LogP contribution >= 0.6 is 0 Å². The molecule has 116 valence electrons. The lowest BCUT2D eigenvalue weighted by Gasteiger charge is -2.36. The smallest absolute Gasteiger partial charge is 0.323 e. The predicted molar refractivity (Wildman–Crippen MR) is 79.0 cm³/mol. The van der Waals surface area contributed by atoms with Gasteiger partial charge < -0.3 is 14.7 Å². The van der Waals surface area contributed by atoms with Crippen LogP contribution in [0.3, 0.4) is 0 Å². The van der Waals surface area contributed by atoms with Gasteiger partial charge >= 0.3 is 5.97 Å². The summed E-state index contributed by atoms with van der Waals surface area (Å²) in [4.78, 5) is 23.1. The van der Waals surface area contributed by atoms with Gasteiger partial charge in [-0.3, -0.25) is 14.9 Å². The number of nitrogens with zero attached hydrogens (tertiary/aromatic N) is 2. The number of nitro benzene ring substituents is 1. The molecule has 0 saturated heterocycles. The zero-order valence-corrected chi connectivity index (χ0v) is 12.6. The summed E-state index contributed by atoms with van der Waals surface area (Å²) in [6.45, 7) is 7.42. The lowest BCUT2D eigenvalue weighted by atomic mass is 10.0.